The van der Waals surface area contributed by atoms with Crippen LogP contribution in [0.5, 0.6) is 0 Å². The fourth-order valence-corrected chi connectivity index (χ4v) is 7.88. The second kappa shape index (κ2) is 25.1. The predicted molar refractivity (Wildman–Crippen MR) is 232 cm³/mol. The standard InChI is InChI=1S/C39H53N6O9PS2.2Na.2H/c1-25(2)34(43-38(48)45(6)21-30-23-56-36(42-30)26(3)4)35(46)44-39(40,18-29-15-11-8-12-16-29)19-33(53-27(5)54-55(49,50)51)32(17-28-13-9-7-10-14-28)37(47)52-22-31-20-41-24-57-31;;;;/h7-16,20,23-27,32-34H,17-19,21-22,40H2,1-6H3,(H,43,48)(H,44,46)(H2,49,50,51);;;;/t27?,32-,33-,34-,39-;;;;/m0..../s1. The Kier molecular flexibility index (Phi) is 22.6. The Morgan fingerprint density at radius 1 is 0.966 bits per heavy atom. The molecule has 0 aliphatic heterocycles. The number of urea groups is 1. The molecule has 1 unspecified atom stereocenters. The first kappa shape index (κ1) is 53.1. The predicted octanol–water partition coefficient (Wildman–Crippen LogP) is 4.44. The van der Waals surface area contributed by atoms with Gasteiger partial charge in [-0.25, -0.2) is 14.3 Å². The topological polar surface area (TPSA) is 216 Å². The number of nitrogens with two attached hydrogens (primary N) is 1. The van der Waals surface area contributed by atoms with E-state index in [-0.39, 0.29) is 103 Å². The number of phosphoric acid groups is 1. The van der Waals surface area contributed by atoms with E-state index in [0.717, 1.165) is 21.8 Å². The van der Waals surface area contributed by atoms with Crippen LogP contribution in [0.25, 0.3) is 0 Å². The number of hydrogen-bond donors (Lipinski definition) is 5. The Morgan fingerprint density at radius 3 is 2.14 bits per heavy atom. The van der Waals surface area contributed by atoms with Gasteiger partial charge < -0.3 is 40.5 Å². The third kappa shape index (κ3) is 18.1. The molecular formula is C39H55N6Na2O9PS2. The van der Waals surface area contributed by atoms with E-state index in [4.69, 9.17) is 19.7 Å². The van der Waals surface area contributed by atoms with Crippen molar-refractivity contribution in [3.8, 4) is 0 Å². The molecule has 5 atom stereocenters. The molecule has 4 rings (SSSR count). The number of benzene rings is 2. The van der Waals surface area contributed by atoms with Gasteiger partial charge in [-0.15, -0.1) is 22.7 Å². The SMILES string of the molecule is CC(O[C@@H](C[C@](N)(Cc1ccccc1)NC(=O)[C@@H](NC(=O)N(C)Cc1csc(C(C)C)n1)C(C)C)[C@H](Cc1ccccc1)C(=O)OCc1cncs1)OP(=O)(O)O.[NaH].[NaH]. The molecule has 15 nitrogen and oxygen atoms in total. The van der Waals surface area contributed by atoms with Gasteiger partial charge in [0.25, 0.3) is 0 Å². The molecule has 0 saturated heterocycles. The zero-order chi connectivity index (χ0) is 41.8. The van der Waals surface area contributed by atoms with Crippen molar-refractivity contribution >= 4 is 108 Å². The first-order valence-corrected chi connectivity index (χ1v) is 21.8. The summed E-state index contributed by atoms with van der Waals surface area (Å²) in [6.07, 6.45) is -1.30. The van der Waals surface area contributed by atoms with E-state index in [2.05, 4.69) is 20.6 Å². The number of thiazole rings is 2. The molecular weight excluding hydrogens is 838 g/mol. The van der Waals surface area contributed by atoms with Crippen LogP contribution in [-0.2, 0) is 54.1 Å². The number of esters is 1. The van der Waals surface area contributed by atoms with Crippen molar-refractivity contribution in [2.45, 2.75) is 97.0 Å². The number of amides is 3. The maximum atomic E-state index is 14.3. The Morgan fingerprint density at radius 2 is 1.59 bits per heavy atom. The third-order valence-electron chi connectivity index (χ3n) is 8.88. The van der Waals surface area contributed by atoms with E-state index < -0.39 is 55.7 Å². The van der Waals surface area contributed by atoms with Crippen LogP contribution in [0.2, 0.25) is 0 Å². The van der Waals surface area contributed by atoms with Gasteiger partial charge >= 0.3 is 78.9 Å². The van der Waals surface area contributed by atoms with Crippen molar-refractivity contribution in [2.24, 2.45) is 17.6 Å². The zero-order valence-corrected chi connectivity index (χ0v) is 35.5. The second-order valence-electron chi connectivity index (χ2n) is 14.6. The number of hydrogen-bond acceptors (Lipinski definition) is 12. The number of nitrogens with zero attached hydrogens (tertiary/aromatic N) is 3. The monoisotopic (exact) mass is 892 g/mol. The van der Waals surface area contributed by atoms with Gasteiger partial charge in [0, 0.05) is 37.4 Å². The molecule has 0 aliphatic carbocycles. The quantitative estimate of drug-likeness (QED) is 0.0340. The number of rotatable bonds is 21. The molecule has 4 aromatic rings. The van der Waals surface area contributed by atoms with E-state index in [1.165, 1.54) is 34.5 Å². The normalized spacial score (nSPS) is 14.5. The number of nitrogens with one attached hydrogen (secondary N) is 2. The number of phosphoric ester groups is 1. The average Bonchev–Trinajstić information content (AvgIpc) is 3.84. The van der Waals surface area contributed by atoms with Crippen molar-refractivity contribution in [1.82, 2.24) is 25.5 Å². The van der Waals surface area contributed by atoms with Crippen LogP contribution >= 0.6 is 30.5 Å². The molecule has 314 valence electrons. The third-order valence-corrected chi connectivity index (χ3v) is 11.4. The van der Waals surface area contributed by atoms with Gasteiger partial charge in [0.05, 0.1) is 45.3 Å². The van der Waals surface area contributed by atoms with Gasteiger partial charge in [-0.3, -0.25) is 19.1 Å². The second-order valence-corrected chi connectivity index (χ2v) is 17.6. The van der Waals surface area contributed by atoms with Crippen molar-refractivity contribution in [1.29, 1.82) is 0 Å². The Labute approximate surface area is 398 Å². The molecule has 2 aromatic carbocycles. The summed E-state index contributed by atoms with van der Waals surface area (Å²) in [5, 5.41) is 8.67. The molecule has 0 fully saturated rings. The number of ether oxygens (including phenoxy) is 2. The van der Waals surface area contributed by atoms with E-state index in [0.29, 0.717) is 4.88 Å². The minimum atomic E-state index is -5.04. The average molecular weight is 893 g/mol. The molecule has 6 N–H and O–H groups in total. The number of carbonyl (C=O) groups is 3. The van der Waals surface area contributed by atoms with Crippen LogP contribution in [0, 0.1) is 11.8 Å². The van der Waals surface area contributed by atoms with Crippen LogP contribution in [0.15, 0.2) is 77.8 Å². The summed E-state index contributed by atoms with van der Waals surface area (Å²) < 4.78 is 28.7. The summed E-state index contributed by atoms with van der Waals surface area (Å²) >= 11 is 2.83. The number of carbonyl (C=O) groups excluding carboxylic acids is 3. The van der Waals surface area contributed by atoms with Crippen molar-refractivity contribution in [3.05, 3.63) is 104 Å². The number of aromatic nitrogens is 2. The van der Waals surface area contributed by atoms with Crippen LogP contribution in [0.1, 0.15) is 73.7 Å². The molecule has 0 aliphatic rings. The summed E-state index contributed by atoms with van der Waals surface area (Å²) in [5.74, 6) is -2.50. The maximum absolute atomic E-state index is 14.3. The van der Waals surface area contributed by atoms with Crippen molar-refractivity contribution in [3.63, 3.8) is 0 Å². The van der Waals surface area contributed by atoms with Crippen molar-refractivity contribution < 1.29 is 42.7 Å². The summed E-state index contributed by atoms with van der Waals surface area (Å²) in [6.45, 7) is 9.12. The van der Waals surface area contributed by atoms with E-state index >= 15 is 0 Å². The fourth-order valence-electron chi connectivity index (χ4n) is 6.11. The molecule has 2 aromatic heterocycles. The fraction of sp³-hybridized carbons (Fsp3) is 0.462. The van der Waals surface area contributed by atoms with Gasteiger partial charge in [0.1, 0.15) is 12.6 Å². The van der Waals surface area contributed by atoms with Gasteiger partial charge in [0.2, 0.25) is 5.91 Å². The first-order chi connectivity index (χ1) is 26.9. The van der Waals surface area contributed by atoms with Crippen molar-refractivity contribution in [2.75, 3.05) is 7.05 Å². The van der Waals surface area contributed by atoms with Gasteiger partial charge in [0.15, 0.2) is 6.29 Å². The summed E-state index contributed by atoms with van der Waals surface area (Å²) in [7, 11) is -3.42. The summed E-state index contributed by atoms with van der Waals surface area (Å²) in [4.78, 5) is 71.9. The Balaban J connectivity index is 0.00000600. The van der Waals surface area contributed by atoms with Gasteiger partial charge in [-0.1, -0.05) is 88.4 Å². The van der Waals surface area contributed by atoms with Crippen LogP contribution < -0.4 is 16.4 Å². The van der Waals surface area contributed by atoms with E-state index in [9.17, 15) is 28.7 Å². The molecule has 0 radical (unpaired) electrons. The molecule has 0 spiro atoms. The molecule has 0 bridgehead atoms. The van der Waals surface area contributed by atoms with Crippen LogP contribution in [-0.4, -0.2) is 133 Å². The Bertz CT molecular complexity index is 1930. The minimum absolute atomic E-state index is 0. The van der Waals surface area contributed by atoms with E-state index in [1.807, 2.05) is 79.9 Å². The first-order valence-electron chi connectivity index (χ1n) is 18.5. The Hall–Kier alpha value is -2.06. The molecule has 2 heterocycles. The molecule has 0 saturated carbocycles. The van der Waals surface area contributed by atoms with Crippen LogP contribution in [0.4, 0.5) is 4.79 Å². The summed E-state index contributed by atoms with van der Waals surface area (Å²) in [5.41, 5.74) is 9.35. The molecule has 59 heavy (non-hydrogen) atoms. The zero-order valence-electron chi connectivity index (χ0n) is 32.9. The van der Waals surface area contributed by atoms with Gasteiger partial charge in [-0.2, -0.15) is 0 Å². The van der Waals surface area contributed by atoms with Gasteiger partial charge in [-0.05, 0) is 30.4 Å². The van der Waals surface area contributed by atoms with E-state index in [1.54, 1.807) is 32.6 Å². The molecule has 20 heteroatoms. The molecule has 3 amide bonds. The summed E-state index contributed by atoms with van der Waals surface area (Å²) in [6, 6.07) is 16.7. The van der Waals surface area contributed by atoms with Crippen LogP contribution in [0.3, 0.4) is 0 Å².